The summed E-state index contributed by atoms with van der Waals surface area (Å²) in [7, 11) is 0. The van der Waals surface area contributed by atoms with Crippen molar-refractivity contribution in [1.29, 1.82) is 0 Å². The maximum absolute atomic E-state index is 12.8. The topological polar surface area (TPSA) is 78.9 Å². The second-order valence-electron chi connectivity index (χ2n) is 21.3. The molecule has 0 rings (SSSR count). The van der Waals surface area contributed by atoms with Gasteiger partial charge in [-0.3, -0.25) is 14.4 Å². The lowest BCUT2D eigenvalue weighted by atomic mass is 10.0. The minimum Gasteiger partial charge on any atom is -0.462 e. The molecule has 0 aliphatic carbocycles. The Balaban J connectivity index is 4.08. The molecule has 0 spiro atoms. The van der Waals surface area contributed by atoms with E-state index in [0.29, 0.717) is 19.3 Å². The quantitative estimate of drug-likeness (QED) is 0.0261. The molecule has 0 aromatic rings. The van der Waals surface area contributed by atoms with Gasteiger partial charge in [-0.05, 0) is 103 Å². The van der Waals surface area contributed by atoms with Gasteiger partial charge in [0.1, 0.15) is 13.2 Å². The molecular formula is C70H120O6. The lowest BCUT2D eigenvalue weighted by Crippen LogP contribution is -2.30. The third-order valence-electron chi connectivity index (χ3n) is 13.8. The predicted octanol–water partition coefficient (Wildman–Crippen LogP) is 22.0. The highest BCUT2D eigenvalue weighted by atomic mass is 16.6. The highest BCUT2D eigenvalue weighted by molar-refractivity contribution is 5.71. The van der Waals surface area contributed by atoms with Crippen molar-refractivity contribution in [3.63, 3.8) is 0 Å². The van der Waals surface area contributed by atoms with Gasteiger partial charge in [0.15, 0.2) is 6.10 Å². The Labute approximate surface area is 470 Å². The van der Waals surface area contributed by atoms with Crippen molar-refractivity contribution in [2.24, 2.45) is 0 Å². The molecule has 0 N–H and O–H groups in total. The smallest absolute Gasteiger partial charge is 0.306 e. The van der Waals surface area contributed by atoms with Gasteiger partial charge < -0.3 is 14.2 Å². The van der Waals surface area contributed by atoms with Crippen molar-refractivity contribution in [2.45, 2.75) is 316 Å². The van der Waals surface area contributed by atoms with E-state index in [0.717, 1.165) is 96.3 Å². The molecule has 1 unspecified atom stereocenters. The molecule has 0 aliphatic heterocycles. The van der Waals surface area contributed by atoms with Gasteiger partial charge in [-0.1, -0.05) is 285 Å². The maximum atomic E-state index is 12.8. The number of esters is 3. The first kappa shape index (κ1) is 72.3. The van der Waals surface area contributed by atoms with Gasteiger partial charge in [-0.15, -0.1) is 0 Å². The number of hydrogen-bond acceptors (Lipinski definition) is 6. The second kappa shape index (κ2) is 63.9. The molecule has 6 nitrogen and oxygen atoms in total. The molecule has 0 bridgehead atoms. The summed E-state index contributed by atoms with van der Waals surface area (Å²) in [6.45, 7) is 6.44. The molecule has 76 heavy (non-hydrogen) atoms. The van der Waals surface area contributed by atoms with Crippen LogP contribution in [-0.2, 0) is 28.6 Å². The first-order valence-corrected chi connectivity index (χ1v) is 32.2. The van der Waals surface area contributed by atoms with Crippen LogP contribution in [0.5, 0.6) is 0 Å². The van der Waals surface area contributed by atoms with Gasteiger partial charge >= 0.3 is 17.9 Å². The van der Waals surface area contributed by atoms with Gasteiger partial charge in [-0.2, -0.15) is 0 Å². The third-order valence-corrected chi connectivity index (χ3v) is 13.8. The van der Waals surface area contributed by atoms with Crippen molar-refractivity contribution in [2.75, 3.05) is 13.2 Å². The Morgan fingerprint density at radius 1 is 0.276 bits per heavy atom. The highest BCUT2D eigenvalue weighted by Crippen LogP contribution is 2.17. The lowest BCUT2D eigenvalue weighted by molar-refractivity contribution is -0.167. The molecule has 0 fully saturated rings. The van der Waals surface area contributed by atoms with E-state index in [9.17, 15) is 14.4 Å². The van der Waals surface area contributed by atoms with E-state index in [1.54, 1.807) is 0 Å². The molecule has 0 aromatic carbocycles. The van der Waals surface area contributed by atoms with Crippen molar-refractivity contribution >= 4 is 17.9 Å². The number of carbonyl (C=O) groups is 3. The summed E-state index contributed by atoms with van der Waals surface area (Å²) < 4.78 is 16.8. The van der Waals surface area contributed by atoms with Crippen LogP contribution in [0.25, 0.3) is 0 Å². The van der Waals surface area contributed by atoms with Crippen LogP contribution in [0.2, 0.25) is 0 Å². The largest absolute Gasteiger partial charge is 0.462 e. The molecule has 0 amide bonds. The Hall–Kier alpha value is -3.67. The van der Waals surface area contributed by atoms with Crippen LogP contribution in [0.4, 0.5) is 0 Å². The van der Waals surface area contributed by atoms with Crippen LogP contribution >= 0.6 is 0 Å². The minimum absolute atomic E-state index is 0.0930. The zero-order chi connectivity index (χ0) is 55.0. The molecule has 0 aromatic heterocycles. The molecule has 1 atom stereocenters. The zero-order valence-electron chi connectivity index (χ0n) is 50.0. The fourth-order valence-electron chi connectivity index (χ4n) is 9.01. The van der Waals surface area contributed by atoms with E-state index in [-0.39, 0.29) is 37.5 Å². The summed E-state index contributed by atoms with van der Waals surface area (Å²) >= 11 is 0. The second-order valence-corrected chi connectivity index (χ2v) is 21.3. The molecule has 6 heteroatoms. The zero-order valence-corrected chi connectivity index (χ0v) is 50.0. The first-order valence-electron chi connectivity index (χ1n) is 32.2. The van der Waals surface area contributed by atoms with E-state index in [4.69, 9.17) is 14.2 Å². The summed E-state index contributed by atoms with van der Waals surface area (Å²) in [5.41, 5.74) is 0. The number of rotatable bonds is 58. The van der Waals surface area contributed by atoms with E-state index in [2.05, 4.69) is 118 Å². The van der Waals surface area contributed by atoms with Crippen molar-refractivity contribution in [3.8, 4) is 0 Å². The van der Waals surface area contributed by atoms with Crippen molar-refractivity contribution in [3.05, 3.63) is 97.2 Å². The van der Waals surface area contributed by atoms with Crippen molar-refractivity contribution in [1.82, 2.24) is 0 Å². The third kappa shape index (κ3) is 61.2. The summed E-state index contributed by atoms with van der Waals surface area (Å²) in [4.78, 5) is 38.0. The number of hydrogen-bond donors (Lipinski definition) is 0. The van der Waals surface area contributed by atoms with E-state index < -0.39 is 6.10 Å². The van der Waals surface area contributed by atoms with Gasteiger partial charge in [0, 0.05) is 19.3 Å². The maximum Gasteiger partial charge on any atom is 0.306 e. The lowest BCUT2D eigenvalue weighted by Gasteiger charge is -2.18. The Bertz CT molecular complexity index is 1490. The van der Waals surface area contributed by atoms with Crippen LogP contribution in [0.1, 0.15) is 310 Å². The van der Waals surface area contributed by atoms with Crippen LogP contribution in [0.15, 0.2) is 97.2 Å². The molecule has 0 heterocycles. The molecule has 0 radical (unpaired) electrons. The summed E-state index contributed by atoms with van der Waals surface area (Å²) in [6, 6.07) is 0. The Morgan fingerprint density at radius 3 is 0.829 bits per heavy atom. The molecule has 0 saturated carbocycles. The van der Waals surface area contributed by atoms with Gasteiger partial charge in [0.2, 0.25) is 0 Å². The number of allylic oxidation sites excluding steroid dienone is 16. The molecule has 0 saturated heterocycles. The summed E-state index contributed by atoms with van der Waals surface area (Å²) in [5.74, 6) is -0.939. The fourth-order valence-corrected chi connectivity index (χ4v) is 9.01. The highest BCUT2D eigenvalue weighted by Gasteiger charge is 2.19. The monoisotopic (exact) mass is 1060 g/mol. The Morgan fingerprint density at radius 2 is 0.513 bits per heavy atom. The van der Waals surface area contributed by atoms with Gasteiger partial charge in [0.25, 0.3) is 0 Å². The van der Waals surface area contributed by atoms with Crippen LogP contribution < -0.4 is 0 Å². The van der Waals surface area contributed by atoms with Crippen LogP contribution in [-0.4, -0.2) is 37.2 Å². The standard InChI is InChI=1S/C70H120O6/c1-4-7-10-13-16-18-20-22-24-26-28-30-31-32-33-34-35-36-37-38-39-41-42-44-46-48-50-52-54-57-60-63-69(72)75-66-67(65-74-68(71)62-59-56-15-12-9-6-3)76-70(73)64-61-58-55-53-51-49-47-45-43-40-29-27-25-23-21-19-17-14-11-8-5-2/h8,11,17,19-20,22-23,25-26,28-29,40,45,47,51,53,67H,4-7,9-10,12-16,18,21,24,27,30-39,41-44,46,48-50,52,54-66H2,1-3H3/b11-8-,19-17-,22-20-,25-23-,28-26-,40-29-,47-45-,53-51-. The number of ether oxygens (including phenoxy) is 3. The average molecular weight is 1060 g/mol. The van der Waals surface area contributed by atoms with Crippen LogP contribution in [0, 0.1) is 0 Å². The number of carbonyl (C=O) groups excluding carboxylic acids is 3. The summed E-state index contributed by atoms with van der Waals surface area (Å²) in [5, 5.41) is 0. The van der Waals surface area contributed by atoms with E-state index in [1.165, 1.54) is 167 Å². The number of unbranched alkanes of at least 4 members (excludes halogenated alkanes) is 31. The van der Waals surface area contributed by atoms with Gasteiger partial charge in [0.05, 0.1) is 0 Å². The first-order chi connectivity index (χ1) is 37.5. The predicted molar refractivity (Wildman–Crippen MR) is 330 cm³/mol. The van der Waals surface area contributed by atoms with Gasteiger partial charge in [-0.25, -0.2) is 0 Å². The molecule has 0 aliphatic rings. The molecule has 436 valence electrons. The van der Waals surface area contributed by atoms with Crippen LogP contribution in [0.3, 0.4) is 0 Å². The SMILES string of the molecule is CC/C=C\C/C=C\C/C=C\C/C=C\C/C=C\C/C=C\CCCCC(=O)OC(COC(=O)CCCCCCCC)COC(=O)CCCCCCCCCCCCCCCCCCCCC/C=C\C/C=C\CCCCCCC. The summed E-state index contributed by atoms with van der Waals surface area (Å²) in [6.07, 6.45) is 86.1. The minimum atomic E-state index is -0.797. The fraction of sp³-hybridized carbons (Fsp3) is 0.729. The van der Waals surface area contributed by atoms with E-state index in [1.807, 2.05) is 0 Å². The molecular weight excluding hydrogens is 937 g/mol. The Kier molecular flexibility index (Phi) is 60.8. The normalized spacial score (nSPS) is 12.7. The van der Waals surface area contributed by atoms with Crippen molar-refractivity contribution < 1.29 is 28.6 Å². The average Bonchev–Trinajstić information content (AvgIpc) is 3.42. The van der Waals surface area contributed by atoms with E-state index >= 15 is 0 Å².